The van der Waals surface area contributed by atoms with Gasteiger partial charge in [-0.25, -0.2) is 4.79 Å². The van der Waals surface area contributed by atoms with Gasteiger partial charge in [0.15, 0.2) is 0 Å². The summed E-state index contributed by atoms with van der Waals surface area (Å²) in [5.74, 6) is -2.45. The lowest BCUT2D eigenvalue weighted by Crippen LogP contribution is -2.57. The zero-order valence-electron chi connectivity index (χ0n) is 14.7. The van der Waals surface area contributed by atoms with E-state index in [1.165, 1.54) is 0 Å². The number of unbranched alkanes of at least 4 members (excludes halogenated alkanes) is 1. The molecule has 1 heterocycles. The Hall–Kier alpha value is -2.29. The molecule has 6 N–H and O–H groups in total. The summed E-state index contributed by atoms with van der Waals surface area (Å²) >= 11 is 0. The second-order valence-corrected chi connectivity index (χ2v) is 6.35. The Morgan fingerprint density at radius 2 is 1.88 bits per heavy atom. The number of fused-ring (bicyclic) bond motifs is 1. The zero-order valence-corrected chi connectivity index (χ0v) is 14.7. The summed E-state index contributed by atoms with van der Waals surface area (Å²) < 4.78 is 0. The summed E-state index contributed by atoms with van der Waals surface area (Å²) in [6.45, 7) is 0.490. The Bertz CT molecular complexity index is 664. The van der Waals surface area contributed by atoms with Crippen LogP contribution in [0.15, 0.2) is 24.3 Å². The van der Waals surface area contributed by atoms with E-state index in [1.54, 1.807) is 0 Å². The number of hydrogen-bond donors (Lipinski definition) is 4. The van der Waals surface area contributed by atoms with Crippen molar-refractivity contribution in [2.45, 2.75) is 44.3 Å². The van der Waals surface area contributed by atoms with E-state index < -0.39 is 36.4 Å². The minimum absolute atomic E-state index is 0.160. The lowest BCUT2D eigenvalue weighted by atomic mass is 9.94. The molecule has 1 aliphatic heterocycles. The molecular weight excluding hydrogens is 336 g/mol. The predicted molar refractivity (Wildman–Crippen MR) is 96.0 cm³/mol. The van der Waals surface area contributed by atoms with Crippen LogP contribution in [0.5, 0.6) is 0 Å². The number of imide groups is 1. The smallest absolute Gasteiger partial charge is 0.326 e. The molecule has 1 aromatic rings. The highest BCUT2D eigenvalue weighted by molar-refractivity contribution is 6.02. The molecule has 0 bridgehead atoms. The number of amides is 2. The van der Waals surface area contributed by atoms with Crippen molar-refractivity contribution in [3.63, 3.8) is 0 Å². The number of rotatable bonds is 8. The molecule has 2 unspecified atom stereocenters. The van der Waals surface area contributed by atoms with Gasteiger partial charge in [-0.05, 0) is 43.4 Å². The van der Waals surface area contributed by atoms with E-state index in [4.69, 9.17) is 11.5 Å². The quantitative estimate of drug-likeness (QED) is 0.461. The first-order chi connectivity index (χ1) is 12.5. The van der Waals surface area contributed by atoms with Crippen molar-refractivity contribution in [2.75, 3.05) is 13.1 Å². The molecule has 1 aliphatic rings. The normalized spacial score (nSPS) is 17.2. The molecule has 1 aromatic carbocycles. The molecule has 2 atom stereocenters. The van der Waals surface area contributed by atoms with Gasteiger partial charge in [0, 0.05) is 6.54 Å². The van der Waals surface area contributed by atoms with Gasteiger partial charge in [0.25, 0.3) is 0 Å². The van der Waals surface area contributed by atoms with E-state index in [-0.39, 0.29) is 6.42 Å². The Balaban J connectivity index is 2.21. The summed E-state index contributed by atoms with van der Waals surface area (Å²) in [5, 5.41) is 12.7. The standard InChI is InChI=1S/C18H26N4O4/c19-8-4-3-7-15(18(25)26)22(16(23)10-20)17(24)14-9-12-5-1-2-6-13(12)11-21-14/h1-2,5-6,14-15,21H,3-4,7-11,19-20H2,(H,25,26). The minimum Gasteiger partial charge on any atom is -0.480 e. The Kier molecular flexibility index (Phi) is 7.26. The van der Waals surface area contributed by atoms with E-state index >= 15 is 0 Å². The molecule has 0 spiro atoms. The van der Waals surface area contributed by atoms with Crippen LogP contribution in [0.3, 0.4) is 0 Å². The average Bonchev–Trinajstić information content (AvgIpc) is 2.66. The second kappa shape index (κ2) is 9.42. The first kappa shape index (κ1) is 20.0. The number of carbonyl (C=O) groups is 3. The van der Waals surface area contributed by atoms with Gasteiger partial charge in [-0.3, -0.25) is 14.5 Å². The largest absolute Gasteiger partial charge is 0.480 e. The molecule has 0 aromatic heterocycles. The fourth-order valence-corrected chi connectivity index (χ4v) is 3.19. The van der Waals surface area contributed by atoms with Crippen LogP contribution in [0, 0.1) is 0 Å². The average molecular weight is 362 g/mol. The van der Waals surface area contributed by atoms with E-state index in [1.807, 2.05) is 24.3 Å². The number of aliphatic carboxylic acids is 1. The minimum atomic E-state index is -1.23. The Morgan fingerprint density at radius 3 is 2.50 bits per heavy atom. The maximum absolute atomic E-state index is 13.0. The van der Waals surface area contributed by atoms with E-state index in [0.29, 0.717) is 32.4 Å². The first-order valence-corrected chi connectivity index (χ1v) is 8.78. The van der Waals surface area contributed by atoms with Gasteiger partial charge >= 0.3 is 5.97 Å². The summed E-state index contributed by atoms with van der Waals surface area (Å²) in [5.41, 5.74) is 13.0. The number of benzene rings is 1. The van der Waals surface area contributed by atoms with Crippen LogP contribution in [0.2, 0.25) is 0 Å². The Morgan fingerprint density at radius 1 is 1.19 bits per heavy atom. The van der Waals surface area contributed by atoms with Crippen LogP contribution in [-0.4, -0.2) is 53.0 Å². The molecule has 142 valence electrons. The molecule has 0 saturated heterocycles. The van der Waals surface area contributed by atoms with Crippen LogP contribution >= 0.6 is 0 Å². The van der Waals surface area contributed by atoms with Crippen LogP contribution in [0.4, 0.5) is 0 Å². The second-order valence-electron chi connectivity index (χ2n) is 6.35. The van der Waals surface area contributed by atoms with Crippen molar-refractivity contribution >= 4 is 17.8 Å². The summed E-state index contributed by atoms with van der Waals surface area (Å²) in [7, 11) is 0. The molecule has 0 aliphatic carbocycles. The maximum Gasteiger partial charge on any atom is 0.326 e. The highest BCUT2D eigenvalue weighted by Gasteiger charge is 2.38. The number of nitrogens with one attached hydrogen (secondary N) is 1. The molecule has 2 amide bonds. The molecule has 0 fully saturated rings. The summed E-state index contributed by atoms with van der Waals surface area (Å²) in [6, 6.07) is 5.83. The number of carboxylic acids is 1. The summed E-state index contributed by atoms with van der Waals surface area (Å²) in [6.07, 6.45) is 1.69. The monoisotopic (exact) mass is 362 g/mol. The third-order valence-electron chi connectivity index (χ3n) is 4.59. The van der Waals surface area contributed by atoms with Crippen molar-refractivity contribution in [3.05, 3.63) is 35.4 Å². The number of carbonyl (C=O) groups excluding carboxylic acids is 2. The Labute approximate surface area is 152 Å². The zero-order chi connectivity index (χ0) is 19.1. The SMILES string of the molecule is NCCCCC(C(=O)O)N(C(=O)CN)C(=O)C1Cc2ccccc2CN1. The van der Waals surface area contributed by atoms with Crippen molar-refractivity contribution in [2.24, 2.45) is 11.5 Å². The fourth-order valence-electron chi connectivity index (χ4n) is 3.19. The van der Waals surface area contributed by atoms with Gasteiger partial charge in [0.05, 0.1) is 12.6 Å². The molecule has 2 rings (SSSR count). The van der Waals surface area contributed by atoms with Crippen molar-refractivity contribution in [1.82, 2.24) is 10.2 Å². The van der Waals surface area contributed by atoms with Crippen molar-refractivity contribution < 1.29 is 19.5 Å². The van der Waals surface area contributed by atoms with E-state index in [0.717, 1.165) is 16.0 Å². The third kappa shape index (κ3) is 4.66. The van der Waals surface area contributed by atoms with Crippen LogP contribution in [0.25, 0.3) is 0 Å². The molecule has 8 nitrogen and oxygen atoms in total. The van der Waals surface area contributed by atoms with Crippen LogP contribution < -0.4 is 16.8 Å². The van der Waals surface area contributed by atoms with Crippen molar-refractivity contribution in [1.29, 1.82) is 0 Å². The fraction of sp³-hybridized carbons (Fsp3) is 0.500. The number of hydrogen-bond acceptors (Lipinski definition) is 6. The lowest BCUT2D eigenvalue weighted by molar-refractivity contribution is -0.159. The van der Waals surface area contributed by atoms with E-state index in [2.05, 4.69) is 5.32 Å². The topological polar surface area (TPSA) is 139 Å². The molecule has 8 heteroatoms. The van der Waals surface area contributed by atoms with Gasteiger partial charge in [0.1, 0.15) is 6.04 Å². The van der Waals surface area contributed by atoms with Crippen molar-refractivity contribution in [3.8, 4) is 0 Å². The van der Waals surface area contributed by atoms with Crippen LogP contribution in [0.1, 0.15) is 30.4 Å². The van der Waals surface area contributed by atoms with Gasteiger partial charge in [-0.1, -0.05) is 24.3 Å². The summed E-state index contributed by atoms with van der Waals surface area (Å²) in [4.78, 5) is 37.8. The first-order valence-electron chi connectivity index (χ1n) is 8.78. The van der Waals surface area contributed by atoms with Gasteiger partial charge < -0.3 is 21.9 Å². The third-order valence-corrected chi connectivity index (χ3v) is 4.59. The maximum atomic E-state index is 13.0. The number of nitrogens with zero attached hydrogens (tertiary/aromatic N) is 1. The van der Waals surface area contributed by atoms with Gasteiger partial charge in [-0.2, -0.15) is 0 Å². The molecule has 0 radical (unpaired) electrons. The molecular formula is C18H26N4O4. The van der Waals surface area contributed by atoms with E-state index in [9.17, 15) is 19.5 Å². The lowest BCUT2D eigenvalue weighted by Gasteiger charge is -2.33. The molecule has 0 saturated carbocycles. The van der Waals surface area contributed by atoms with Crippen LogP contribution in [-0.2, 0) is 27.3 Å². The predicted octanol–water partition coefficient (Wildman–Crippen LogP) is -0.403. The highest BCUT2D eigenvalue weighted by atomic mass is 16.4. The number of carboxylic acid groups (broad SMARTS) is 1. The van der Waals surface area contributed by atoms with Gasteiger partial charge in [0.2, 0.25) is 11.8 Å². The van der Waals surface area contributed by atoms with Gasteiger partial charge in [-0.15, -0.1) is 0 Å². The highest BCUT2D eigenvalue weighted by Crippen LogP contribution is 2.19. The number of nitrogens with two attached hydrogens (primary N) is 2. The molecule has 26 heavy (non-hydrogen) atoms.